The zero-order chi connectivity index (χ0) is 19.3. The third-order valence-corrected chi connectivity index (χ3v) is 4.90. The standard InChI is InChI=1S/C18H16N2O7/c1-9(21)25-17(26-10(2)22)18-6-5-12(27-18)13-14(18)16(24)20(15(13)23)11-4-3-7-19-8-11/h3-8,12-14,17H,1-2H3. The third kappa shape index (κ3) is 2.46. The summed E-state index contributed by atoms with van der Waals surface area (Å²) in [6.45, 7) is 2.30. The van der Waals surface area contributed by atoms with Crippen LogP contribution in [0.4, 0.5) is 5.69 Å². The number of ether oxygens (including phenoxy) is 3. The van der Waals surface area contributed by atoms with Gasteiger partial charge in [0.2, 0.25) is 11.8 Å². The SMILES string of the molecule is CC(=O)OC(OC(C)=O)C12C=CC(O1)C1C(=O)N(c3cccnc3)C(=O)C12. The topological polar surface area (TPSA) is 112 Å². The lowest BCUT2D eigenvalue weighted by atomic mass is 9.76. The lowest BCUT2D eigenvalue weighted by molar-refractivity contribution is -0.226. The Morgan fingerprint density at radius 2 is 1.93 bits per heavy atom. The van der Waals surface area contributed by atoms with Crippen LogP contribution in [0, 0.1) is 11.8 Å². The first-order valence-electron chi connectivity index (χ1n) is 8.34. The number of carbonyl (C=O) groups is 4. The molecule has 3 aliphatic rings. The van der Waals surface area contributed by atoms with Gasteiger partial charge in [0.15, 0.2) is 5.60 Å². The van der Waals surface area contributed by atoms with E-state index in [0.29, 0.717) is 5.69 Å². The number of rotatable bonds is 4. The minimum atomic E-state index is -1.55. The van der Waals surface area contributed by atoms with E-state index in [-0.39, 0.29) is 0 Å². The van der Waals surface area contributed by atoms with Gasteiger partial charge in [-0.15, -0.1) is 0 Å². The van der Waals surface area contributed by atoms with Gasteiger partial charge < -0.3 is 14.2 Å². The molecule has 0 saturated carbocycles. The van der Waals surface area contributed by atoms with E-state index in [4.69, 9.17) is 14.2 Å². The quantitative estimate of drug-likeness (QED) is 0.322. The molecule has 1 aromatic heterocycles. The van der Waals surface area contributed by atoms with Gasteiger partial charge in [-0.25, -0.2) is 4.90 Å². The molecule has 0 aromatic carbocycles. The van der Waals surface area contributed by atoms with E-state index in [2.05, 4.69) is 4.98 Å². The van der Waals surface area contributed by atoms with Crippen LogP contribution in [-0.4, -0.2) is 46.7 Å². The van der Waals surface area contributed by atoms with Crippen LogP contribution in [0.25, 0.3) is 0 Å². The average molecular weight is 372 g/mol. The highest BCUT2D eigenvalue weighted by atomic mass is 16.7. The molecule has 0 N–H and O–H groups in total. The minimum absolute atomic E-state index is 0.341. The van der Waals surface area contributed by atoms with Crippen molar-refractivity contribution in [1.82, 2.24) is 4.98 Å². The minimum Gasteiger partial charge on any atom is -0.422 e. The highest BCUT2D eigenvalue weighted by Crippen LogP contribution is 2.54. The average Bonchev–Trinajstić information content (AvgIpc) is 3.26. The molecule has 2 fully saturated rings. The summed E-state index contributed by atoms with van der Waals surface area (Å²) < 4.78 is 16.2. The number of pyridine rings is 1. The molecule has 0 aliphatic carbocycles. The van der Waals surface area contributed by atoms with Crippen LogP contribution in [0.15, 0.2) is 36.7 Å². The van der Waals surface area contributed by atoms with Crippen molar-refractivity contribution < 1.29 is 33.4 Å². The summed E-state index contributed by atoms with van der Waals surface area (Å²) in [5.41, 5.74) is -1.20. The third-order valence-electron chi connectivity index (χ3n) is 4.90. The molecular weight excluding hydrogens is 356 g/mol. The molecular formula is C18H16N2O7. The van der Waals surface area contributed by atoms with Crippen molar-refractivity contribution in [3.63, 3.8) is 0 Å². The van der Waals surface area contributed by atoms with E-state index >= 15 is 0 Å². The first-order chi connectivity index (χ1) is 12.8. The summed E-state index contributed by atoms with van der Waals surface area (Å²) in [6, 6.07) is 3.21. The molecule has 140 valence electrons. The molecule has 27 heavy (non-hydrogen) atoms. The van der Waals surface area contributed by atoms with Crippen molar-refractivity contribution in [2.45, 2.75) is 31.8 Å². The number of fused-ring (bicyclic) bond motifs is 5. The fourth-order valence-electron chi connectivity index (χ4n) is 3.96. The number of esters is 2. The second kappa shape index (κ2) is 5.98. The maximum absolute atomic E-state index is 13.2. The first kappa shape index (κ1) is 17.3. The van der Waals surface area contributed by atoms with Gasteiger partial charge in [0.25, 0.3) is 6.29 Å². The second-order valence-corrected chi connectivity index (χ2v) is 6.57. The largest absolute Gasteiger partial charge is 0.422 e. The van der Waals surface area contributed by atoms with Crippen molar-refractivity contribution in [2.75, 3.05) is 4.90 Å². The van der Waals surface area contributed by atoms with Crippen LogP contribution < -0.4 is 4.90 Å². The predicted molar refractivity (Wildman–Crippen MR) is 87.8 cm³/mol. The van der Waals surface area contributed by atoms with Gasteiger partial charge in [-0.3, -0.25) is 24.2 Å². The fourth-order valence-corrected chi connectivity index (χ4v) is 3.96. The van der Waals surface area contributed by atoms with Gasteiger partial charge in [-0.1, -0.05) is 6.08 Å². The Morgan fingerprint density at radius 1 is 1.22 bits per heavy atom. The number of carbonyl (C=O) groups excluding carboxylic acids is 4. The van der Waals surface area contributed by atoms with E-state index < -0.39 is 53.6 Å². The first-order valence-corrected chi connectivity index (χ1v) is 8.34. The maximum Gasteiger partial charge on any atom is 0.305 e. The Balaban J connectivity index is 1.75. The molecule has 9 heteroatoms. The number of aromatic nitrogens is 1. The summed E-state index contributed by atoms with van der Waals surface area (Å²) >= 11 is 0. The molecule has 0 spiro atoms. The lowest BCUT2D eigenvalue weighted by Crippen LogP contribution is -2.52. The Bertz CT molecular complexity index is 852. The summed E-state index contributed by atoms with van der Waals surface area (Å²) in [7, 11) is 0. The molecule has 2 saturated heterocycles. The van der Waals surface area contributed by atoms with E-state index in [0.717, 1.165) is 18.7 Å². The van der Waals surface area contributed by atoms with Crippen molar-refractivity contribution in [3.8, 4) is 0 Å². The normalized spacial score (nSPS) is 30.8. The zero-order valence-electron chi connectivity index (χ0n) is 14.5. The van der Waals surface area contributed by atoms with Gasteiger partial charge in [-0.05, 0) is 18.2 Å². The number of nitrogens with zero attached hydrogens (tertiary/aromatic N) is 2. The molecule has 0 radical (unpaired) electrons. The van der Waals surface area contributed by atoms with Crippen molar-refractivity contribution >= 4 is 29.4 Å². The van der Waals surface area contributed by atoms with Gasteiger partial charge in [0, 0.05) is 20.0 Å². The van der Waals surface area contributed by atoms with Crippen molar-refractivity contribution in [1.29, 1.82) is 0 Å². The number of hydrogen-bond donors (Lipinski definition) is 0. The number of anilines is 1. The van der Waals surface area contributed by atoms with E-state index in [1.165, 1.54) is 18.5 Å². The van der Waals surface area contributed by atoms with Crippen LogP contribution in [0.1, 0.15) is 13.8 Å². The van der Waals surface area contributed by atoms with Gasteiger partial charge in [-0.2, -0.15) is 0 Å². The molecule has 1 aromatic rings. The number of hydrogen-bond acceptors (Lipinski definition) is 8. The molecule has 4 atom stereocenters. The summed E-state index contributed by atoms with van der Waals surface area (Å²) in [6.07, 6.45) is 3.95. The van der Waals surface area contributed by atoms with E-state index in [1.807, 2.05) is 0 Å². The molecule has 9 nitrogen and oxygen atoms in total. The summed E-state index contributed by atoms with van der Waals surface area (Å²) in [5.74, 6) is -4.14. The Hall–Kier alpha value is -3.07. The monoisotopic (exact) mass is 372 g/mol. The van der Waals surface area contributed by atoms with Crippen LogP contribution in [0.5, 0.6) is 0 Å². The Labute approximate surface area is 153 Å². The smallest absolute Gasteiger partial charge is 0.305 e. The summed E-state index contributed by atoms with van der Waals surface area (Å²) in [5, 5.41) is 0. The molecule has 2 amide bonds. The Morgan fingerprint density at radius 3 is 2.52 bits per heavy atom. The van der Waals surface area contributed by atoms with Crippen molar-refractivity contribution in [3.05, 3.63) is 36.7 Å². The molecule has 4 rings (SSSR count). The molecule has 4 heterocycles. The van der Waals surface area contributed by atoms with Crippen LogP contribution in [-0.2, 0) is 33.4 Å². The van der Waals surface area contributed by atoms with Crippen LogP contribution in [0.3, 0.4) is 0 Å². The second-order valence-electron chi connectivity index (χ2n) is 6.57. The van der Waals surface area contributed by atoms with E-state index in [1.54, 1.807) is 18.2 Å². The van der Waals surface area contributed by atoms with E-state index in [9.17, 15) is 19.2 Å². The highest BCUT2D eigenvalue weighted by Gasteiger charge is 2.72. The van der Waals surface area contributed by atoms with Crippen molar-refractivity contribution in [2.24, 2.45) is 11.8 Å². The summed E-state index contributed by atoms with van der Waals surface area (Å²) in [4.78, 5) is 54.1. The molecule has 2 bridgehead atoms. The van der Waals surface area contributed by atoms with Gasteiger partial charge >= 0.3 is 11.9 Å². The molecule has 4 unspecified atom stereocenters. The number of amides is 2. The fraction of sp³-hybridized carbons (Fsp3) is 0.389. The highest BCUT2D eigenvalue weighted by molar-refractivity contribution is 6.23. The van der Waals surface area contributed by atoms with Gasteiger partial charge in [0.05, 0.1) is 29.8 Å². The zero-order valence-corrected chi connectivity index (χ0v) is 14.5. The van der Waals surface area contributed by atoms with Crippen LogP contribution >= 0.6 is 0 Å². The van der Waals surface area contributed by atoms with Gasteiger partial charge in [0.1, 0.15) is 0 Å². The predicted octanol–water partition coefficient (Wildman–Crippen LogP) is 0.347. The molecule has 3 aliphatic heterocycles. The van der Waals surface area contributed by atoms with Crippen LogP contribution in [0.2, 0.25) is 0 Å². The maximum atomic E-state index is 13.2. The number of imide groups is 1. The lowest BCUT2D eigenvalue weighted by Gasteiger charge is -2.34. The Kier molecular flexibility index (Phi) is 3.84.